The van der Waals surface area contributed by atoms with Crippen LogP contribution in [0.1, 0.15) is 21.8 Å². The predicted octanol–water partition coefficient (Wildman–Crippen LogP) is 2.51. The van der Waals surface area contributed by atoms with Gasteiger partial charge in [0, 0.05) is 17.7 Å². The first kappa shape index (κ1) is 18.5. The molecule has 0 saturated carbocycles. The van der Waals surface area contributed by atoms with E-state index in [2.05, 4.69) is 10.3 Å². The van der Waals surface area contributed by atoms with Gasteiger partial charge in [-0.15, -0.1) is 11.3 Å². The van der Waals surface area contributed by atoms with Gasteiger partial charge >= 0.3 is 5.97 Å². The Morgan fingerprint density at radius 1 is 1.07 bits per heavy atom. The molecular weight excluding hydrogens is 366 g/mol. The quantitative estimate of drug-likeness (QED) is 0.609. The summed E-state index contributed by atoms with van der Waals surface area (Å²) in [5.41, 5.74) is 6.88. The van der Waals surface area contributed by atoms with E-state index in [1.807, 2.05) is 24.3 Å². The number of esters is 1. The van der Waals surface area contributed by atoms with Gasteiger partial charge in [-0.1, -0.05) is 12.1 Å². The second kappa shape index (κ2) is 8.41. The van der Waals surface area contributed by atoms with Crippen LogP contribution in [0.15, 0.2) is 48.5 Å². The minimum Gasteiger partial charge on any atom is -0.456 e. The molecule has 8 heteroatoms. The number of rotatable bonds is 7. The minimum absolute atomic E-state index is 0.153. The molecule has 138 valence electrons. The Morgan fingerprint density at radius 2 is 1.81 bits per heavy atom. The third-order valence-electron chi connectivity index (χ3n) is 3.70. The zero-order valence-corrected chi connectivity index (χ0v) is 15.1. The van der Waals surface area contributed by atoms with E-state index in [1.54, 1.807) is 12.1 Å². The zero-order valence-electron chi connectivity index (χ0n) is 14.3. The molecule has 0 radical (unpaired) electrons. The third kappa shape index (κ3) is 5.11. The molecule has 3 rings (SSSR count). The highest BCUT2D eigenvalue weighted by atomic mass is 32.1. The maximum absolute atomic E-state index is 11.8. The number of primary amides is 1. The van der Waals surface area contributed by atoms with Crippen LogP contribution in [0.5, 0.6) is 0 Å². The first-order valence-electron chi connectivity index (χ1n) is 8.21. The van der Waals surface area contributed by atoms with Crippen molar-refractivity contribution in [3.05, 3.63) is 59.1 Å². The highest BCUT2D eigenvalue weighted by molar-refractivity contribution is 7.18. The normalized spacial score (nSPS) is 10.5. The van der Waals surface area contributed by atoms with Crippen LogP contribution in [0.2, 0.25) is 0 Å². The summed E-state index contributed by atoms with van der Waals surface area (Å²) < 4.78 is 6.06. The molecule has 3 N–H and O–H groups in total. The molecule has 0 bridgehead atoms. The molecule has 0 aliphatic heterocycles. The number of amides is 2. The Morgan fingerprint density at radius 3 is 2.52 bits per heavy atom. The summed E-state index contributed by atoms with van der Waals surface area (Å²) in [6.07, 6.45) is 0.620. The van der Waals surface area contributed by atoms with Crippen molar-refractivity contribution in [3.63, 3.8) is 0 Å². The lowest BCUT2D eigenvalue weighted by molar-refractivity contribution is -0.147. The van der Waals surface area contributed by atoms with Crippen molar-refractivity contribution >= 4 is 45.0 Å². The van der Waals surface area contributed by atoms with Gasteiger partial charge in [0.15, 0.2) is 6.61 Å². The number of hydrogen-bond acceptors (Lipinski definition) is 6. The summed E-state index contributed by atoms with van der Waals surface area (Å²) in [7, 11) is 0. The molecule has 0 unspecified atom stereocenters. The summed E-state index contributed by atoms with van der Waals surface area (Å²) >= 11 is 1.54. The van der Waals surface area contributed by atoms with Crippen molar-refractivity contribution < 1.29 is 19.1 Å². The fourth-order valence-corrected chi connectivity index (χ4v) is 3.34. The van der Waals surface area contributed by atoms with Crippen molar-refractivity contribution in [2.45, 2.75) is 12.8 Å². The van der Waals surface area contributed by atoms with Gasteiger partial charge < -0.3 is 15.8 Å². The number of carbonyl (C=O) groups excluding carboxylic acids is 3. The van der Waals surface area contributed by atoms with E-state index in [0.29, 0.717) is 17.7 Å². The molecule has 7 nitrogen and oxygen atoms in total. The maximum Gasteiger partial charge on any atom is 0.306 e. The van der Waals surface area contributed by atoms with Crippen LogP contribution >= 0.6 is 11.3 Å². The van der Waals surface area contributed by atoms with Crippen LogP contribution in [-0.2, 0) is 20.7 Å². The third-order valence-corrected chi connectivity index (χ3v) is 4.79. The molecule has 0 aliphatic carbocycles. The molecule has 0 saturated heterocycles. The van der Waals surface area contributed by atoms with E-state index in [9.17, 15) is 14.4 Å². The van der Waals surface area contributed by atoms with E-state index in [1.165, 1.54) is 23.5 Å². The minimum atomic E-state index is -0.546. The number of nitrogens with one attached hydrogen (secondary N) is 1. The average molecular weight is 383 g/mol. The molecule has 2 aromatic carbocycles. The Labute approximate surface area is 159 Å². The monoisotopic (exact) mass is 383 g/mol. The second-order valence-corrected chi connectivity index (χ2v) is 6.84. The number of ether oxygens (including phenoxy) is 1. The van der Waals surface area contributed by atoms with Gasteiger partial charge in [-0.25, -0.2) is 4.98 Å². The molecule has 0 aliphatic rings. The number of nitrogens with two attached hydrogens (primary N) is 1. The number of aryl methyl sites for hydroxylation is 1. The average Bonchev–Trinajstić information content (AvgIpc) is 3.08. The highest BCUT2D eigenvalue weighted by Crippen LogP contribution is 2.22. The number of anilines is 1. The van der Waals surface area contributed by atoms with Gasteiger partial charge in [-0.2, -0.15) is 0 Å². The largest absolute Gasteiger partial charge is 0.456 e. The number of benzene rings is 2. The van der Waals surface area contributed by atoms with Gasteiger partial charge in [0.05, 0.1) is 21.6 Å². The Bertz CT molecular complexity index is 949. The first-order valence-corrected chi connectivity index (χ1v) is 9.03. The summed E-state index contributed by atoms with van der Waals surface area (Å²) in [6.45, 7) is -0.379. The maximum atomic E-state index is 11.8. The van der Waals surface area contributed by atoms with Gasteiger partial charge in [-0.05, 0) is 36.4 Å². The van der Waals surface area contributed by atoms with Crippen LogP contribution in [0.4, 0.5) is 5.69 Å². The number of thiazole rings is 1. The number of nitrogens with zero attached hydrogens (tertiary/aromatic N) is 1. The highest BCUT2D eigenvalue weighted by Gasteiger charge is 2.11. The number of carbonyl (C=O) groups is 3. The van der Waals surface area contributed by atoms with Crippen molar-refractivity contribution in [2.75, 3.05) is 11.9 Å². The zero-order chi connectivity index (χ0) is 19.2. The Hall–Kier alpha value is -3.26. The molecule has 0 atom stereocenters. The van der Waals surface area contributed by atoms with E-state index >= 15 is 0 Å². The SMILES string of the molecule is NC(=O)c1ccc(NC(=O)COC(=O)CCc2nc3ccccc3s2)cc1. The standard InChI is InChI=1S/C19H17N3O4S/c20-19(25)12-5-7-13(8-6-12)21-16(23)11-26-18(24)10-9-17-22-14-3-1-2-4-15(14)27-17/h1-8H,9-11H2,(H2,20,25)(H,21,23). The lowest BCUT2D eigenvalue weighted by Crippen LogP contribution is -2.21. The molecule has 1 aromatic heterocycles. The topological polar surface area (TPSA) is 111 Å². The summed E-state index contributed by atoms with van der Waals surface area (Å²) in [6, 6.07) is 13.9. The molecule has 1 heterocycles. The van der Waals surface area contributed by atoms with Gasteiger partial charge in [0.1, 0.15) is 0 Å². The Kier molecular flexibility index (Phi) is 5.77. The van der Waals surface area contributed by atoms with Crippen molar-refractivity contribution in [2.24, 2.45) is 5.73 Å². The molecular formula is C19H17N3O4S. The lowest BCUT2D eigenvalue weighted by atomic mass is 10.2. The smallest absolute Gasteiger partial charge is 0.306 e. The molecule has 27 heavy (non-hydrogen) atoms. The number of aromatic nitrogens is 1. The summed E-state index contributed by atoms with van der Waals surface area (Å²) in [5.74, 6) is -1.47. The van der Waals surface area contributed by atoms with Crippen molar-refractivity contribution in [3.8, 4) is 0 Å². The predicted molar refractivity (Wildman–Crippen MR) is 102 cm³/mol. The second-order valence-electron chi connectivity index (χ2n) is 5.73. The van der Waals surface area contributed by atoms with Crippen LogP contribution in [0, 0.1) is 0 Å². The van der Waals surface area contributed by atoms with E-state index in [-0.39, 0.29) is 13.0 Å². The fraction of sp³-hybridized carbons (Fsp3) is 0.158. The number of hydrogen-bond donors (Lipinski definition) is 2. The van der Waals surface area contributed by atoms with Crippen molar-refractivity contribution in [1.82, 2.24) is 4.98 Å². The van der Waals surface area contributed by atoms with Crippen LogP contribution in [-0.4, -0.2) is 29.4 Å². The molecule has 0 fully saturated rings. The molecule has 2 amide bonds. The van der Waals surface area contributed by atoms with Gasteiger partial charge in [0.25, 0.3) is 5.91 Å². The summed E-state index contributed by atoms with van der Waals surface area (Å²) in [5, 5.41) is 3.43. The lowest BCUT2D eigenvalue weighted by Gasteiger charge is -2.06. The van der Waals surface area contributed by atoms with E-state index < -0.39 is 17.8 Å². The van der Waals surface area contributed by atoms with Crippen LogP contribution in [0.25, 0.3) is 10.2 Å². The van der Waals surface area contributed by atoms with Gasteiger partial charge in [0.2, 0.25) is 5.91 Å². The first-order chi connectivity index (χ1) is 13.0. The van der Waals surface area contributed by atoms with Crippen LogP contribution in [0.3, 0.4) is 0 Å². The van der Waals surface area contributed by atoms with Crippen molar-refractivity contribution in [1.29, 1.82) is 0 Å². The van der Waals surface area contributed by atoms with Gasteiger partial charge in [-0.3, -0.25) is 14.4 Å². The number of para-hydroxylation sites is 1. The Balaban J connectivity index is 1.42. The molecule has 3 aromatic rings. The van der Waals surface area contributed by atoms with E-state index in [4.69, 9.17) is 10.5 Å². The van der Waals surface area contributed by atoms with Crippen LogP contribution < -0.4 is 11.1 Å². The molecule has 0 spiro atoms. The summed E-state index contributed by atoms with van der Waals surface area (Å²) in [4.78, 5) is 39.1. The van der Waals surface area contributed by atoms with E-state index in [0.717, 1.165) is 15.2 Å². The number of fused-ring (bicyclic) bond motifs is 1. The fourth-order valence-electron chi connectivity index (χ4n) is 2.37.